The SMILES string of the molecule is N#Cc1nccc(N2CCC(S(=O)(=O)c3cccc(Cl)c3Cl)C2)n1. The number of aromatic nitrogens is 2. The quantitative estimate of drug-likeness (QED) is 0.810. The van der Waals surface area contributed by atoms with Crippen molar-refractivity contribution in [1.29, 1.82) is 5.26 Å². The predicted octanol–water partition coefficient (Wildman–Crippen LogP) is 2.71. The molecule has 2 aromatic rings. The van der Waals surface area contributed by atoms with Crippen molar-refractivity contribution in [3.8, 4) is 6.07 Å². The van der Waals surface area contributed by atoms with Crippen molar-refractivity contribution in [2.24, 2.45) is 0 Å². The second-order valence-electron chi connectivity index (χ2n) is 5.30. The number of nitrogens with zero attached hydrogens (tertiary/aromatic N) is 4. The summed E-state index contributed by atoms with van der Waals surface area (Å²) >= 11 is 12.0. The molecule has 0 bridgehead atoms. The van der Waals surface area contributed by atoms with Crippen LogP contribution in [0.15, 0.2) is 35.4 Å². The Morgan fingerprint density at radius 3 is 2.83 bits per heavy atom. The van der Waals surface area contributed by atoms with Gasteiger partial charge in [-0.25, -0.2) is 18.4 Å². The second kappa shape index (κ2) is 6.55. The van der Waals surface area contributed by atoms with Crippen LogP contribution in [0.2, 0.25) is 10.0 Å². The molecule has 1 aromatic heterocycles. The molecule has 0 N–H and O–H groups in total. The van der Waals surface area contributed by atoms with Gasteiger partial charge in [-0.1, -0.05) is 29.3 Å². The highest BCUT2D eigenvalue weighted by atomic mass is 35.5. The molecular formula is C15H12Cl2N4O2S. The molecule has 1 saturated heterocycles. The zero-order valence-corrected chi connectivity index (χ0v) is 14.7. The standard InChI is InChI=1S/C15H12Cl2N4O2S/c16-11-2-1-3-12(15(11)17)24(22,23)10-5-7-21(9-10)14-4-6-19-13(8-18)20-14/h1-4,6,10H,5,7,9H2. The number of nitriles is 1. The molecule has 0 aliphatic carbocycles. The third-order valence-corrected chi connectivity index (χ3v) is 7.02. The minimum atomic E-state index is -3.61. The summed E-state index contributed by atoms with van der Waals surface area (Å²) in [7, 11) is -3.61. The van der Waals surface area contributed by atoms with Crippen LogP contribution < -0.4 is 4.90 Å². The number of rotatable bonds is 3. The van der Waals surface area contributed by atoms with E-state index < -0.39 is 15.1 Å². The third kappa shape index (κ3) is 3.05. The van der Waals surface area contributed by atoms with Gasteiger partial charge in [0, 0.05) is 19.3 Å². The Bertz CT molecular complexity index is 927. The lowest BCUT2D eigenvalue weighted by Crippen LogP contribution is -2.27. The van der Waals surface area contributed by atoms with Crippen LogP contribution >= 0.6 is 23.2 Å². The number of halogens is 2. The molecule has 1 aliphatic rings. The van der Waals surface area contributed by atoms with Crippen molar-refractivity contribution >= 4 is 38.9 Å². The van der Waals surface area contributed by atoms with Crippen LogP contribution in [0.3, 0.4) is 0 Å². The Kier molecular flexibility index (Phi) is 4.63. The second-order valence-corrected chi connectivity index (χ2v) is 8.29. The number of anilines is 1. The molecule has 2 heterocycles. The normalized spacial score (nSPS) is 17.7. The maximum absolute atomic E-state index is 12.9. The summed E-state index contributed by atoms with van der Waals surface area (Å²) in [5.74, 6) is 0.591. The fourth-order valence-electron chi connectivity index (χ4n) is 2.65. The summed E-state index contributed by atoms with van der Waals surface area (Å²) in [5, 5.41) is 8.52. The summed E-state index contributed by atoms with van der Waals surface area (Å²) in [6, 6.07) is 8.11. The third-order valence-electron chi connectivity index (χ3n) is 3.87. The summed E-state index contributed by atoms with van der Waals surface area (Å²) in [6.45, 7) is 0.789. The molecule has 1 aromatic carbocycles. The molecule has 0 radical (unpaired) electrons. The van der Waals surface area contributed by atoms with Crippen molar-refractivity contribution in [2.45, 2.75) is 16.6 Å². The zero-order chi connectivity index (χ0) is 17.3. The van der Waals surface area contributed by atoms with E-state index in [4.69, 9.17) is 28.5 Å². The summed E-state index contributed by atoms with van der Waals surface area (Å²) < 4.78 is 25.7. The molecule has 1 fully saturated rings. The lowest BCUT2D eigenvalue weighted by molar-refractivity contribution is 0.583. The van der Waals surface area contributed by atoms with E-state index in [1.54, 1.807) is 18.2 Å². The molecule has 1 aliphatic heterocycles. The first-order chi connectivity index (χ1) is 11.4. The van der Waals surface area contributed by atoms with E-state index in [-0.39, 0.29) is 27.3 Å². The van der Waals surface area contributed by atoms with Gasteiger partial charge in [-0.2, -0.15) is 5.26 Å². The predicted molar refractivity (Wildman–Crippen MR) is 91.0 cm³/mol. The van der Waals surface area contributed by atoms with E-state index in [0.717, 1.165) is 0 Å². The van der Waals surface area contributed by atoms with Gasteiger partial charge in [0.15, 0.2) is 9.84 Å². The summed E-state index contributed by atoms with van der Waals surface area (Å²) in [4.78, 5) is 9.79. The first kappa shape index (κ1) is 17.0. The van der Waals surface area contributed by atoms with Gasteiger partial charge in [0.2, 0.25) is 5.82 Å². The van der Waals surface area contributed by atoms with Crippen molar-refractivity contribution in [3.63, 3.8) is 0 Å². The minimum absolute atomic E-state index is 0.0453. The van der Waals surface area contributed by atoms with E-state index in [1.807, 2.05) is 11.0 Å². The van der Waals surface area contributed by atoms with Crippen LogP contribution in [0.5, 0.6) is 0 Å². The van der Waals surface area contributed by atoms with Gasteiger partial charge in [-0.05, 0) is 24.6 Å². The smallest absolute Gasteiger partial charge is 0.234 e. The Morgan fingerprint density at radius 2 is 2.08 bits per heavy atom. The molecule has 124 valence electrons. The van der Waals surface area contributed by atoms with Gasteiger partial charge in [0.1, 0.15) is 11.9 Å². The van der Waals surface area contributed by atoms with Crippen molar-refractivity contribution < 1.29 is 8.42 Å². The molecule has 0 saturated carbocycles. The topological polar surface area (TPSA) is 87.0 Å². The maximum Gasteiger partial charge on any atom is 0.234 e. The molecule has 24 heavy (non-hydrogen) atoms. The van der Waals surface area contributed by atoms with Crippen LogP contribution in [0.25, 0.3) is 0 Å². The van der Waals surface area contributed by atoms with E-state index in [1.165, 1.54) is 12.3 Å². The molecule has 0 spiro atoms. The van der Waals surface area contributed by atoms with Gasteiger partial charge in [-0.15, -0.1) is 0 Å². The molecule has 9 heteroatoms. The lowest BCUT2D eigenvalue weighted by atomic mass is 10.4. The highest BCUT2D eigenvalue weighted by molar-refractivity contribution is 7.92. The molecular weight excluding hydrogens is 371 g/mol. The number of hydrogen-bond donors (Lipinski definition) is 0. The average Bonchev–Trinajstić information content (AvgIpc) is 3.08. The Labute approximate surface area is 149 Å². The van der Waals surface area contributed by atoms with E-state index in [9.17, 15) is 8.42 Å². The highest BCUT2D eigenvalue weighted by Crippen LogP contribution is 2.34. The van der Waals surface area contributed by atoms with Crippen molar-refractivity contribution in [2.75, 3.05) is 18.0 Å². The highest BCUT2D eigenvalue weighted by Gasteiger charge is 2.36. The van der Waals surface area contributed by atoms with E-state index in [0.29, 0.717) is 18.8 Å². The van der Waals surface area contributed by atoms with Crippen LogP contribution in [0.4, 0.5) is 5.82 Å². The first-order valence-electron chi connectivity index (χ1n) is 7.09. The van der Waals surface area contributed by atoms with Crippen LogP contribution in [-0.4, -0.2) is 36.7 Å². The first-order valence-corrected chi connectivity index (χ1v) is 9.39. The van der Waals surface area contributed by atoms with Crippen molar-refractivity contribution in [3.05, 3.63) is 46.3 Å². The average molecular weight is 383 g/mol. The van der Waals surface area contributed by atoms with Gasteiger partial charge in [-0.3, -0.25) is 0 Å². The molecule has 0 amide bonds. The molecule has 1 unspecified atom stereocenters. The molecule has 6 nitrogen and oxygen atoms in total. The van der Waals surface area contributed by atoms with Gasteiger partial charge in [0.25, 0.3) is 0 Å². The number of benzene rings is 1. The lowest BCUT2D eigenvalue weighted by Gasteiger charge is -2.18. The van der Waals surface area contributed by atoms with E-state index in [2.05, 4.69) is 9.97 Å². The summed E-state index contributed by atoms with van der Waals surface area (Å²) in [6.07, 6.45) is 1.92. The fraction of sp³-hybridized carbons (Fsp3) is 0.267. The van der Waals surface area contributed by atoms with Crippen molar-refractivity contribution in [1.82, 2.24) is 9.97 Å². The number of hydrogen-bond acceptors (Lipinski definition) is 6. The molecule has 3 rings (SSSR count). The van der Waals surface area contributed by atoms with Gasteiger partial charge < -0.3 is 4.90 Å². The Balaban J connectivity index is 1.87. The van der Waals surface area contributed by atoms with Crippen LogP contribution in [-0.2, 0) is 9.84 Å². The largest absolute Gasteiger partial charge is 0.355 e. The molecule has 1 atom stereocenters. The van der Waals surface area contributed by atoms with Crippen LogP contribution in [0.1, 0.15) is 12.2 Å². The number of sulfone groups is 1. The van der Waals surface area contributed by atoms with Gasteiger partial charge in [0.05, 0.1) is 20.2 Å². The fourth-order valence-corrected chi connectivity index (χ4v) is 5.11. The maximum atomic E-state index is 12.9. The Morgan fingerprint density at radius 1 is 1.29 bits per heavy atom. The monoisotopic (exact) mass is 382 g/mol. The zero-order valence-electron chi connectivity index (χ0n) is 12.4. The summed E-state index contributed by atoms with van der Waals surface area (Å²) in [5.41, 5.74) is 0. The Hall–Kier alpha value is -1.88. The van der Waals surface area contributed by atoms with E-state index >= 15 is 0 Å². The minimum Gasteiger partial charge on any atom is -0.355 e. The van der Waals surface area contributed by atoms with Gasteiger partial charge >= 0.3 is 0 Å². The van der Waals surface area contributed by atoms with Crippen LogP contribution in [0, 0.1) is 11.3 Å².